The van der Waals surface area contributed by atoms with Crippen LogP contribution < -0.4 is 4.90 Å². The quantitative estimate of drug-likeness (QED) is 0.303. The Morgan fingerprint density at radius 3 is 2.50 bits per heavy atom. The number of halogens is 1. The van der Waals surface area contributed by atoms with E-state index in [9.17, 15) is 14.7 Å². The Morgan fingerprint density at radius 1 is 1.24 bits per heavy atom. The highest BCUT2D eigenvalue weighted by Crippen LogP contribution is 2.69. The maximum atomic E-state index is 15.0. The zero-order valence-corrected chi connectivity index (χ0v) is 27.2. The number of thioether (sulfide) groups is 1. The molecule has 42 heavy (non-hydrogen) atoms. The minimum absolute atomic E-state index is 0.0117. The molecule has 2 bridgehead atoms. The first-order chi connectivity index (χ1) is 20.0. The molecular formula is C33H46ClN3O4S. The highest BCUT2D eigenvalue weighted by atomic mass is 35.5. The normalized spacial score (nSPS) is 29.3. The number of carbonyl (C=O) groups excluding carboxylic acids is 3. The lowest BCUT2D eigenvalue weighted by Crippen LogP contribution is -2.60. The van der Waals surface area contributed by atoms with Gasteiger partial charge in [0.15, 0.2) is 0 Å². The third-order valence-corrected chi connectivity index (χ3v) is 12.1. The highest BCUT2D eigenvalue weighted by Gasteiger charge is 2.77. The van der Waals surface area contributed by atoms with E-state index in [4.69, 9.17) is 11.6 Å². The molecule has 3 heterocycles. The first kappa shape index (κ1) is 32.6. The average molecular weight is 616 g/mol. The van der Waals surface area contributed by atoms with Crippen LogP contribution in [0.5, 0.6) is 0 Å². The molecule has 8 atom stereocenters. The van der Waals surface area contributed by atoms with Crippen molar-refractivity contribution in [1.29, 1.82) is 0 Å². The Bertz CT molecular complexity index is 1210. The SMILES string of the molecule is C=CCN(CCC)C(=O)[C@@H]1[C@@H]2CC(C)C3(S2)C(C(=O)N(CC=C)c2c(C)cccc2Cl)N([C@@H](CO)[C@@H](C)CC)C(=O)[C@H]13. The van der Waals surface area contributed by atoms with Gasteiger partial charge in [-0.05, 0) is 43.2 Å². The Labute approximate surface area is 260 Å². The van der Waals surface area contributed by atoms with Gasteiger partial charge in [-0.25, -0.2) is 0 Å². The summed E-state index contributed by atoms with van der Waals surface area (Å²) in [7, 11) is 0. The first-order valence-corrected chi connectivity index (χ1v) is 16.5. The number of aryl methyl sites for hydroxylation is 1. The summed E-state index contributed by atoms with van der Waals surface area (Å²) in [4.78, 5) is 49.1. The Hall–Kier alpha value is -2.29. The third-order valence-electron chi connectivity index (χ3n) is 9.74. The number of benzene rings is 1. The number of likely N-dealkylation sites (tertiary alicyclic amines) is 1. The monoisotopic (exact) mass is 615 g/mol. The molecule has 0 radical (unpaired) electrons. The van der Waals surface area contributed by atoms with E-state index in [0.717, 1.165) is 24.8 Å². The average Bonchev–Trinajstić information content (AvgIpc) is 3.55. The minimum atomic E-state index is -0.862. The minimum Gasteiger partial charge on any atom is -0.394 e. The Balaban J connectivity index is 1.91. The molecule has 3 amide bonds. The number of para-hydroxylation sites is 1. The lowest BCUT2D eigenvalue weighted by Gasteiger charge is -2.43. The summed E-state index contributed by atoms with van der Waals surface area (Å²) in [6.45, 7) is 18.8. The van der Waals surface area contributed by atoms with Crippen LogP contribution in [0.25, 0.3) is 0 Å². The maximum Gasteiger partial charge on any atom is 0.251 e. The van der Waals surface area contributed by atoms with Crippen LogP contribution in [0.1, 0.15) is 52.5 Å². The van der Waals surface area contributed by atoms with Crippen LogP contribution in [0.3, 0.4) is 0 Å². The summed E-state index contributed by atoms with van der Waals surface area (Å²) in [5.74, 6) is -1.70. The number of hydrogen-bond acceptors (Lipinski definition) is 5. The number of carbonyl (C=O) groups is 3. The van der Waals surface area contributed by atoms with Crippen LogP contribution in [-0.2, 0) is 14.4 Å². The molecule has 0 saturated carbocycles. The molecule has 230 valence electrons. The van der Waals surface area contributed by atoms with Crippen molar-refractivity contribution >= 4 is 46.8 Å². The van der Waals surface area contributed by atoms with Crippen molar-refractivity contribution in [2.45, 2.75) is 76.0 Å². The van der Waals surface area contributed by atoms with Crippen LogP contribution in [0.2, 0.25) is 5.02 Å². The van der Waals surface area contributed by atoms with Crippen LogP contribution in [0.15, 0.2) is 43.5 Å². The molecule has 0 aliphatic carbocycles. The van der Waals surface area contributed by atoms with Crippen molar-refractivity contribution in [2.75, 3.05) is 31.1 Å². The molecule has 4 rings (SSSR count). The van der Waals surface area contributed by atoms with E-state index in [1.165, 1.54) is 0 Å². The van der Waals surface area contributed by atoms with E-state index in [1.54, 1.807) is 44.7 Å². The van der Waals surface area contributed by atoms with Gasteiger partial charge in [0.25, 0.3) is 5.91 Å². The van der Waals surface area contributed by atoms with Gasteiger partial charge in [-0.3, -0.25) is 14.4 Å². The fourth-order valence-electron chi connectivity index (χ4n) is 7.65. The molecule has 1 aromatic rings. The summed E-state index contributed by atoms with van der Waals surface area (Å²) in [5, 5.41) is 11.1. The Morgan fingerprint density at radius 2 is 1.93 bits per heavy atom. The summed E-state index contributed by atoms with van der Waals surface area (Å²) in [6.07, 6.45) is 5.67. The molecule has 9 heteroatoms. The number of anilines is 1. The van der Waals surface area contributed by atoms with Gasteiger partial charge in [0, 0.05) is 24.9 Å². The molecule has 3 fully saturated rings. The highest BCUT2D eigenvalue weighted by molar-refractivity contribution is 8.02. The van der Waals surface area contributed by atoms with Gasteiger partial charge in [0.05, 0.1) is 39.9 Å². The van der Waals surface area contributed by atoms with E-state index in [-0.39, 0.29) is 48.0 Å². The summed E-state index contributed by atoms with van der Waals surface area (Å²) in [5.41, 5.74) is 1.44. The van der Waals surface area contributed by atoms with Crippen molar-refractivity contribution in [3.05, 3.63) is 54.1 Å². The first-order valence-electron chi connectivity index (χ1n) is 15.2. The second kappa shape index (κ2) is 13.1. The van der Waals surface area contributed by atoms with Crippen LogP contribution in [0, 0.1) is 30.6 Å². The van der Waals surface area contributed by atoms with Crippen LogP contribution in [0.4, 0.5) is 5.69 Å². The number of aliphatic hydroxyl groups excluding tert-OH is 1. The zero-order valence-electron chi connectivity index (χ0n) is 25.6. The van der Waals surface area contributed by atoms with Crippen molar-refractivity contribution in [2.24, 2.45) is 23.7 Å². The number of rotatable bonds is 13. The number of fused-ring (bicyclic) bond motifs is 1. The molecule has 3 unspecified atom stereocenters. The largest absolute Gasteiger partial charge is 0.394 e. The molecule has 3 saturated heterocycles. The number of amides is 3. The van der Waals surface area contributed by atoms with E-state index in [1.807, 2.05) is 39.8 Å². The van der Waals surface area contributed by atoms with Gasteiger partial charge in [-0.15, -0.1) is 24.9 Å². The fourth-order valence-corrected chi connectivity index (χ4v) is 10.4. The molecule has 3 aliphatic heterocycles. The van der Waals surface area contributed by atoms with Crippen molar-refractivity contribution in [3.8, 4) is 0 Å². The number of nitrogens with zero attached hydrogens (tertiary/aromatic N) is 3. The van der Waals surface area contributed by atoms with E-state index < -0.39 is 28.7 Å². The van der Waals surface area contributed by atoms with Gasteiger partial charge in [-0.2, -0.15) is 0 Å². The predicted octanol–water partition coefficient (Wildman–Crippen LogP) is 5.34. The van der Waals surface area contributed by atoms with Crippen molar-refractivity contribution in [1.82, 2.24) is 9.80 Å². The van der Waals surface area contributed by atoms with E-state index in [2.05, 4.69) is 20.1 Å². The smallest absolute Gasteiger partial charge is 0.251 e. The predicted molar refractivity (Wildman–Crippen MR) is 172 cm³/mol. The second-order valence-corrected chi connectivity index (χ2v) is 14.1. The van der Waals surface area contributed by atoms with Gasteiger partial charge < -0.3 is 19.8 Å². The molecule has 1 spiro atoms. The molecule has 1 aromatic carbocycles. The van der Waals surface area contributed by atoms with E-state index >= 15 is 4.79 Å². The van der Waals surface area contributed by atoms with E-state index in [0.29, 0.717) is 23.8 Å². The van der Waals surface area contributed by atoms with Crippen LogP contribution in [-0.4, -0.2) is 80.9 Å². The van der Waals surface area contributed by atoms with Gasteiger partial charge in [0.2, 0.25) is 11.8 Å². The maximum absolute atomic E-state index is 15.0. The molecular weight excluding hydrogens is 570 g/mol. The number of aliphatic hydroxyl groups is 1. The third kappa shape index (κ3) is 5.11. The number of hydrogen-bond donors (Lipinski definition) is 1. The van der Waals surface area contributed by atoms with Crippen molar-refractivity contribution in [3.63, 3.8) is 0 Å². The molecule has 7 nitrogen and oxygen atoms in total. The lowest BCUT2D eigenvalue weighted by atomic mass is 9.65. The lowest BCUT2D eigenvalue weighted by molar-refractivity contribution is -0.146. The standard InChI is InChI=1S/C33H46ClN3O4S/c1-8-15-35(16-9-2)30(39)26-25-18-22(7)33(42-25)27(26)31(40)37(24(19-38)20(5)11-4)29(33)32(41)36(17-10-3)28-21(6)13-12-14-23(28)34/h8,10,12-14,20,22,24-27,29,38H,1,3,9,11,15-19H2,2,4-7H3/t20-,22?,24-,25-,26+,27-,29?,33?/m0/s1. The molecule has 1 N–H and O–H groups in total. The zero-order chi connectivity index (χ0) is 30.9. The van der Waals surface area contributed by atoms with Gasteiger partial charge in [0.1, 0.15) is 6.04 Å². The van der Waals surface area contributed by atoms with Crippen molar-refractivity contribution < 1.29 is 19.5 Å². The fraction of sp³-hybridized carbons (Fsp3) is 0.606. The summed E-state index contributed by atoms with van der Waals surface area (Å²) in [6, 6.07) is 4.10. The van der Waals surface area contributed by atoms with Gasteiger partial charge >= 0.3 is 0 Å². The second-order valence-electron chi connectivity index (χ2n) is 12.1. The topological polar surface area (TPSA) is 81.2 Å². The van der Waals surface area contributed by atoms with Crippen LogP contribution >= 0.6 is 23.4 Å². The molecule has 0 aromatic heterocycles. The summed E-state index contributed by atoms with van der Waals surface area (Å²) < 4.78 is -0.805. The van der Waals surface area contributed by atoms with Gasteiger partial charge in [-0.1, -0.05) is 70.0 Å². The molecule has 3 aliphatic rings. The summed E-state index contributed by atoms with van der Waals surface area (Å²) >= 11 is 8.36. The Kier molecular flexibility index (Phi) is 10.2.